The van der Waals surface area contributed by atoms with Crippen molar-refractivity contribution in [3.05, 3.63) is 90.3 Å². The van der Waals surface area contributed by atoms with Crippen molar-refractivity contribution in [1.29, 1.82) is 0 Å². The molecule has 0 unspecified atom stereocenters. The first-order chi connectivity index (χ1) is 20.0. The van der Waals surface area contributed by atoms with E-state index >= 15 is 0 Å². The van der Waals surface area contributed by atoms with Gasteiger partial charge in [-0.15, -0.1) is 0 Å². The van der Waals surface area contributed by atoms with Crippen LogP contribution in [0.25, 0.3) is 22.3 Å². The van der Waals surface area contributed by atoms with Gasteiger partial charge < -0.3 is 25.3 Å². The Bertz CT molecular complexity index is 1740. The number of hydrogen-bond acceptors (Lipinski definition) is 11. The molecule has 206 valence electrons. The Kier molecular flexibility index (Phi) is 7.58. The Morgan fingerprint density at radius 2 is 1.76 bits per heavy atom. The summed E-state index contributed by atoms with van der Waals surface area (Å²) in [5.74, 6) is 7.39. The summed E-state index contributed by atoms with van der Waals surface area (Å²) >= 11 is 1.58. The van der Waals surface area contributed by atoms with Gasteiger partial charge in [-0.3, -0.25) is 0 Å². The summed E-state index contributed by atoms with van der Waals surface area (Å²) in [6, 6.07) is 9.96. The zero-order valence-electron chi connectivity index (χ0n) is 22.0. The average Bonchev–Trinajstić information content (AvgIpc) is 3.51. The lowest BCUT2D eigenvalue weighted by molar-refractivity contribution is -0.0285. The number of fused-ring (bicyclic) bond motifs is 1. The SMILES string of the molecule is Cc1ncnc(-c2ccccc2)c1CSC[C@H]1O[C@@H](n2cc(C#Cc3cncnc3)c3c(N)ncnc32)[C@H](O)[C@@H]1O. The fourth-order valence-corrected chi connectivity index (χ4v) is 5.97. The van der Waals surface area contributed by atoms with Gasteiger partial charge in [0.05, 0.1) is 28.3 Å². The molecular weight excluding hydrogens is 540 g/mol. The van der Waals surface area contributed by atoms with Crippen molar-refractivity contribution in [2.45, 2.75) is 37.2 Å². The number of nitrogen functional groups attached to an aromatic ring is 1. The molecule has 1 aliphatic rings. The van der Waals surface area contributed by atoms with E-state index < -0.39 is 24.5 Å². The smallest absolute Gasteiger partial charge is 0.164 e. The molecular formula is C29H26N8O3S. The van der Waals surface area contributed by atoms with Crippen molar-refractivity contribution in [2.75, 3.05) is 11.5 Å². The molecule has 5 heterocycles. The molecule has 5 aromatic rings. The summed E-state index contributed by atoms with van der Waals surface area (Å²) in [5, 5.41) is 22.5. The van der Waals surface area contributed by atoms with Gasteiger partial charge >= 0.3 is 0 Å². The van der Waals surface area contributed by atoms with Crippen molar-refractivity contribution in [3.63, 3.8) is 0 Å². The molecule has 0 amide bonds. The van der Waals surface area contributed by atoms with Crippen LogP contribution in [0.1, 0.15) is 28.6 Å². The zero-order valence-corrected chi connectivity index (χ0v) is 22.8. The number of aliphatic hydroxyl groups is 2. The Morgan fingerprint density at radius 3 is 2.56 bits per heavy atom. The lowest BCUT2D eigenvalue weighted by Gasteiger charge is -2.17. The van der Waals surface area contributed by atoms with Crippen LogP contribution in [0.2, 0.25) is 0 Å². The van der Waals surface area contributed by atoms with E-state index in [-0.39, 0.29) is 5.82 Å². The van der Waals surface area contributed by atoms with Crippen LogP contribution in [0, 0.1) is 18.8 Å². The standard InChI is InChI=1S/C29H26N8O3S/c1-17-21(24(34-15-33-17)19-5-3-2-4-6-19)12-41-13-22-25(38)26(39)29(40-22)37-11-20(8-7-18-9-31-14-32-10-18)23-27(30)35-16-36-28(23)37/h2-6,9-11,14-16,22,25-26,29,38-39H,12-13H2,1H3,(H2,30,35,36)/t22-,25-,26-,29-/m1/s1. The van der Waals surface area contributed by atoms with E-state index in [0.717, 1.165) is 22.5 Å². The fourth-order valence-electron chi connectivity index (χ4n) is 4.79. The molecule has 1 saturated heterocycles. The highest BCUT2D eigenvalue weighted by Crippen LogP contribution is 2.36. The summed E-state index contributed by atoms with van der Waals surface area (Å²) in [6.45, 7) is 1.96. The molecule has 4 atom stereocenters. The van der Waals surface area contributed by atoms with Crippen LogP contribution in [0.4, 0.5) is 5.82 Å². The van der Waals surface area contributed by atoms with E-state index in [2.05, 4.69) is 41.7 Å². The minimum absolute atomic E-state index is 0.247. The Hall–Kier alpha value is -4.41. The van der Waals surface area contributed by atoms with Crippen molar-refractivity contribution >= 4 is 28.6 Å². The largest absolute Gasteiger partial charge is 0.387 e. The number of nitrogens with two attached hydrogens (primary N) is 1. The van der Waals surface area contributed by atoms with Gasteiger partial charge in [0, 0.05) is 46.9 Å². The van der Waals surface area contributed by atoms with Crippen LogP contribution >= 0.6 is 11.8 Å². The normalized spacial score (nSPS) is 20.2. The molecule has 0 spiro atoms. The maximum Gasteiger partial charge on any atom is 0.164 e. The van der Waals surface area contributed by atoms with Crippen LogP contribution in [-0.2, 0) is 10.5 Å². The quantitative estimate of drug-likeness (QED) is 0.259. The summed E-state index contributed by atoms with van der Waals surface area (Å²) in [7, 11) is 0. The first-order valence-electron chi connectivity index (χ1n) is 12.8. The van der Waals surface area contributed by atoms with Crippen LogP contribution in [-0.4, -0.2) is 68.7 Å². The highest BCUT2D eigenvalue weighted by molar-refractivity contribution is 7.98. The monoisotopic (exact) mass is 566 g/mol. The molecule has 41 heavy (non-hydrogen) atoms. The maximum atomic E-state index is 11.0. The Morgan fingerprint density at radius 1 is 0.976 bits per heavy atom. The number of ether oxygens (including phenoxy) is 1. The van der Waals surface area contributed by atoms with Gasteiger partial charge in [0.25, 0.3) is 0 Å². The van der Waals surface area contributed by atoms with E-state index in [9.17, 15) is 10.2 Å². The maximum absolute atomic E-state index is 11.0. The van der Waals surface area contributed by atoms with Gasteiger partial charge in [0.1, 0.15) is 42.7 Å². The lowest BCUT2D eigenvalue weighted by Crippen LogP contribution is -2.32. The number of rotatable bonds is 6. The second kappa shape index (κ2) is 11.6. The van der Waals surface area contributed by atoms with E-state index in [0.29, 0.717) is 33.7 Å². The molecule has 1 aliphatic heterocycles. The van der Waals surface area contributed by atoms with Gasteiger partial charge in [-0.25, -0.2) is 29.9 Å². The second-order valence-corrected chi connectivity index (χ2v) is 10.5. The van der Waals surface area contributed by atoms with Gasteiger partial charge in [-0.05, 0) is 6.92 Å². The number of aliphatic hydroxyl groups excluding tert-OH is 2. The Balaban J connectivity index is 1.22. The number of thioether (sulfide) groups is 1. The molecule has 6 rings (SSSR count). The van der Waals surface area contributed by atoms with E-state index in [4.69, 9.17) is 10.5 Å². The third-order valence-electron chi connectivity index (χ3n) is 6.89. The molecule has 4 aromatic heterocycles. The number of aromatic nitrogens is 7. The van der Waals surface area contributed by atoms with Crippen LogP contribution in [0.3, 0.4) is 0 Å². The number of anilines is 1. The molecule has 1 aromatic carbocycles. The molecule has 11 nitrogen and oxygen atoms in total. The van der Waals surface area contributed by atoms with Gasteiger partial charge in [0.15, 0.2) is 6.23 Å². The van der Waals surface area contributed by atoms with Crippen LogP contribution < -0.4 is 5.73 Å². The fraction of sp³-hybridized carbons (Fsp3) is 0.241. The molecule has 1 fully saturated rings. The molecule has 0 saturated carbocycles. The van der Waals surface area contributed by atoms with Crippen molar-refractivity contribution < 1.29 is 14.9 Å². The molecule has 12 heteroatoms. The minimum Gasteiger partial charge on any atom is -0.387 e. The summed E-state index contributed by atoms with van der Waals surface area (Å²) in [4.78, 5) is 25.4. The van der Waals surface area contributed by atoms with E-state index in [1.165, 1.54) is 12.7 Å². The second-order valence-electron chi connectivity index (χ2n) is 9.50. The lowest BCUT2D eigenvalue weighted by atomic mass is 10.1. The number of aryl methyl sites for hydroxylation is 1. The van der Waals surface area contributed by atoms with E-state index in [1.54, 1.807) is 41.2 Å². The van der Waals surface area contributed by atoms with Gasteiger partial charge in [0.2, 0.25) is 0 Å². The van der Waals surface area contributed by atoms with Crippen molar-refractivity contribution in [1.82, 2.24) is 34.5 Å². The first kappa shape index (κ1) is 26.8. The van der Waals surface area contributed by atoms with Crippen LogP contribution in [0.5, 0.6) is 0 Å². The number of benzene rings is 1. The Labute approximate surface area is 239 Å². The summed E-state index contributed by atoms with van der Waals surface area (Å²) < 4.78 is 7.87. The third-order valence-corrected chi connectivity index (χ3v) is 7.95. The number of nitrogens with zero attached hydrogens (tertiary/aromatic N) is 7. The van der Waals surface area contributed by atoms with Crippen LogP contribution in [0.15, 0.2) is 67.9 Å². The van der Waals surface area contributed by atoms with Gasteiger partial charge in [-0.1, -0.05) is 42.2 Å². The summed E-state index contributed by atoms with van der Waals surface area (Å²) in [6.07, 6.45) is 5.43. The molecule has 4 N–H and O–H groups in total. The summed E-state index contributed by atoms with van der Waals surface area (Å²) in [5.41, 5.74) is 11.6. The topological polar surface area (TPSA) is 158 Å². The predicted octanol–water partition coefficient (Wildman–Crippen LogP) is 2.52. The highest BCUT2D eigenvalue weighted by Gasteiger charge is 2.44. The van der Waals surface area contributed by atoms with Gasteiger partial charge in [-0.2, -0.15) is 11.8 Å². The average molecular weight is 567 g/mol. The first-order valence-corrected chi connectivity index (χ1v) is 14.0. The molecule has 0 bridgehead atoms. The van der Waals surface area contributed by atoms with E-state index in [1.807, 2.05) is 37.3 Å². The zero-order chi connectivity index (χ0) is 28.3. The predicted molar refractivity (Wildman–Crippen MR) is 154 cm³/mol. The number of hydrogen-bond donors (Lipinski definition) is 3. The van der Waals surface area contributed by atoms with Crippen molar-refractivity contribution in [2.24, 2.45) is 0 Å². The van der Waals surface area contributed by atoms with Crippen molar-refractivity contribution in [3.8, 4) is 23.1 Å². The minimum atomic E-state index is -1.20. The highest BCUT2D eigenvalue weighted by atomic mass is 32.2. The molecule has 0 radical (unpaired) electrons. The molecule has 0 aliphatic carbocycles. The third kappa shape index (κ3) is 5.36.